The van der Waals surface area contributed by atoms with Gasteiger partial charge in [-0.25, -0.2) is 4.98 Å². The van der Waals surface area contributed by atoms with Gasteiger partial charge in [-0.3, -0.25) is 0 Å². The number of hydrogen-bond acceptors (Lipinski definition) is 8. The lowest BCUT2D eigenvalue weighted by atomic mass is 10.3. The molecule has 1 aromatic carbocycles. The van der Waals surface area contributed by atoms with Gasteiger partial charge in [-0.2, -0.15) is 0 Å². The molecule has 0 saturated carbocycles. The van der Waals surface area contributed by atoms with Crippen LogP contribution in [0.15, 0.2) is 34.0 Å². The van der Waals surface area contributed by atoms with Gasteiger partial charge in [0.05, 0.1) is 5.69 Å². The summed E-state index contributed by atoms with van der Waals surface area (Å²) in [7, 11) is 0. The number of halogens is 1. The van der Waals surface area contributed by atoms with E-state index in [1.54, 1.807) is 34.4 Å². The second kappa shape index (κ2) is 10.1. The summed E-state index contributed by atoms with van der Waals surface area (Å²) in [5.41, 5.74) is 1.03. The molecular weight excluding hydrogens is 408 g/mol. The van der Waals surface area contributed by atoms with E-state index in [-0.39, 0.29) is 0 Å². The number of nitrogens with zero attached hydrogens (tertiary/aromatic N) is 3. The number of ether oxygens (including phenoxy) is 1. The highest BCUT2D eigenvalue weighted by molar-refractivity contribution is 8.00. The van der Waals surface area contributed by atoms with Crippen LogP contribution < -0.4 is 10.1 Å². The topological polar surface area (TPSA) is 59.9 Å². The lowest BCUT2D eigenvalue weighted by molar-refractivity contribution is 0.305. The average molecular weight is 427 g/mol. The number of thiazole rings is 1. The fourth-order valence-electron chi connectivity index (χ4n) is 2.00. The molecule has 1 N–H and O–H groups in total. The Kier molecular flexibility index (Phi) is 7.55. The number of hydrogen-bond donors (Lipinski definition) is 1. The summed E-state index contributed by atoms with van der Waals surface area (Å²) in [5, 5.41) is 16.3. The van der Waals surface area contributed by atoms with Gasteiger partial charge in [-0.05, 0) is 30.7 Å². The van der Waals surface area contributed by atoms with Gasteiger partial charge < -0.3 is 10.1 Å². The normalized spacial score (nSPS) is 10.8. The molecule has 2 aromatic heterocycles. The van der Waals surface area contributed by atoms with Gasteiger partial charge in [0.25, 0.3) is 0 Å². The van der Waals surface area contributed by atoms with Gasteiger partial charge in [0.2, 0.25) is 5.13 Å². The van der Waals surface area contributed by atoms with E-state index in [1.165, 1.54) is 6.42 Å². The standard InChI is InChI=1S/C17H19ClN4OS3/c1-2-3-8-19-16-21-22-17(26-16)25-11-13-10-24-15(20-13)9-23-14-6-4-12(18)5-7-14/h4-7,10H,2-3,8-9,11H2,1H3,(H,19,21). The monoisotopic (exact) mass is 426 g/mol. The van der Waals surface area contributed by atoms with Gasteiger partial charge in [0.1, 0.15) is 17.4 Å². The number of benzene rings is 1. The van der Waals surface area contributed by atoms with Gasteiger partial charge in [-0.1, -0.05) is 48.0 Å². The summed E-state index contributed by atoms with van der Waals surface area (Å²) in [6, 6.07) is 7.34. The number of anilines is 1. The molecule has 0 bridgehead atoms. The first kappa shape index (κ1) is 19.4. The summed E-state index contributed by atoms with van der Waals surface area (Å²) in [6.07, 6.45) is 2.31. The van der Waals surface area contributed by atoms with Gasteiger partial charge >= 0.3 is 0 Å². The zero-order chi connectivity index (χ0) is 18.2. The Morgan fingerprint density at radius 1 is 1.23 bits per heavy atom. The second-order valence-corrected chi connectivity index (χ2v) is 9.00. The van der Waals surface area contributed by atoms with E-state index in [0.717, 1.165) is 44.6 Å². The van der Waals surface area contributed by atoms with E-state index in [2.05, 4.69) is 32.8 Å². The van der Waals surface area contributed by atoms with Crippen molar-refractivity contribution in [1.82, 2.24) is 15.2 Å². The number of nitrogens with one attached hydrogen (secondary N) is 1. The molecule has 2 heterocycles. The van der Waals surface area contributed by atoms with E-state index in [1.807, 2.05) is 24.3 Å². The Morgan fingerprint density at radius 2 is 2.08 bits per heavy atom. The Morgan fingerprint density at radius 3 is 2.88 bits per heavy atom. The van der Waals surface area contributed by atoms with Crippen LogP contribution in [-0.4, -0.2) is 21.7 Å². The van der Waals surface area contributed by atoms with Crippen LogP contribution in [0.3, 0.4) is 0 Å². The fraction of sp³-hybridized carbons (Fsp3) is 0.353. The highest BCUT2D eigenvalue weighted by Crippen LogP contribution is 2.29. The molecule has 0 aliphatic heterocycles. The SMILES string of the molecule is CCCCNc1nnc(SCc2csc(COc3ccc(Cl)cc3)n2)s1. The van der Waals surface area contributed by atoms with E-state index < -0.39 is 0 Å². The van der Waals surface area contributed by atoms with Gasteiger partial charge in [0, 0.05) is 22.7 Å². The number of rotatable bonds is 10. The smallest absolute Gasteiger partial charge is 0.206 e. The van der Waals surface area contributed by atoms with Crippen LogP contribution in [-0.2, 0) is 12.4 Å². The average Bonchev–Trinajstić information content (AvgIpc) is 3.29. The first-order chi connectivity index (χ1) is 12.7. The van der Waals surface area contributed by atoms with Gasteiger partial charge in [0.15, 0.2) is 4.34 Å². The van der Waals surface area contributed by atoms with Crippen LogP contribution >= 0.6 is 46.0 Å². The van der Waals surface area contributed by atoms with Crippen molar-refractivity contribution in [3.63, 3.8) is 0 Å². The largest absolute Gasteiger partial charge is 0.486 e. The molecule has 0 atom stereocenters. The molecule has 138 valence electrons. The minimum Gasteiger partial charge on any atom is -0.486 e. The third-order valence-electron chi connectivity index (χ3n) is 3.33. The molecule has 3 aromatic rings. The van der Waals surface area contributed by atoms with Crippen molar-refractivity contribution in [2.45, 2.75) is 36.5 Å². The minimum atomic E-state index is 0.460. The maximum absolute atomic E-state index is 5.87. The van der Waals surface area contributed by atoms with Crippen molar-refractivity contribution >= 4 is 51.2 Å². The van der Waals surface area contributed by atoms with E-state index in [9.17, 15) is 0 Å². The molecule has 0 spiro atoms. The molecule has 5 nitrogen and oxygen atoms in total. The summed E-state index contributed by atoms with van der Waals surface area (Å²) in [5.74, 6) is 1.57. The molecule has 0 saturated heterocycles. The molecule has 0 unspecified atom stereocenters. The highest BCUT2D eigenvalue weighted by atomic mass is 35.5. The van der Waals surface area contributed by atoms with E-state index >= 15 is 0 Å². The van der Waals surface area contributed by atoms with Gasteiger partial charge in [-0.15, -0.1) is 21.5 Å². The number of aromatic nitrogens is 3. The molecule has 0 aliphatic rings. The fourth-order valence-corrected chi connectivity index (χ4v) is 4.61. The third-order valence-corrected chi connectivity index (χ3v) is 6.50. The Labute approximate surface area is 170 Å². The molecule has 0 amide bonds. The van der Waals surface area contributed by atoms with Crippen molar-refractivity contribution in [3.05, 3.63) is 45.4 Å². The van der Waals surface area contributed by atoms with Crippen LogP contribution in [0.4, 0.5) is 5.13 Å². The summed E-state index contributed by atoms with van der Waals surface area (Å²) in [4.78, 5) is 4.61. The zero-order valence-electron chi connectivity index (χ0n) is 14.3. The first-order valence-corrected chi connectivity index (χ1v) is 11.3. The predicted octanol–water partition coefficient (Wildman–Crippen LogP) is 5.73. The first-order valence-electron chi connectivity index (χ1n) is 8.24. The molecule has 0 aliphatic carbocycles. The van der Waals surface area contributed by atoms with Crippen LogP contribution in [0.5, 0.6) is 5.75 Å². The summed E-state index contributed by atoms with van der Waals surface area (Å²) < 4.78 is 6.68. The van der Waals surface area contributed by atoms with Crippen molar-refractivity contribution in [2.75, 3.05) is 11.9 Å². The Balaban J connectivity index is 1.44. The summed E-state index contributed by atoms with van der Waals surface area (Å²) in [6.45, 7) is 3.58. The highest BCUT2D eigenvalue weighted by Gasteiger charge is 2.08. The second-order valence-electron chi connectivity index (χ2n) is 5.42. The lowest BCUT2D eigenvalue weighted by Crippen LogP contribution is -1.99. The van der Waals surface area contributed by atoms with Crippen LogP contribution in [0.1, 0.15) is 30.5 Å². The molecule has 9 heteroatoms. The van der Waals surface area contributed by atoms with Crippen molar-refractivity contribution < 1.29 is 4.74 Å². The van der Waals surface area contributed by atoms with Crippen LogP contribution in [0.2, 0.25) is 5.02 Å². The number of unbranched alkanes of at least 4 members (excludes halogenated alkanes) is 1. The molecule has 26 heavy (non-hydrogen) atoms. The predicted molar refractivity (Wildman–Crippen MR) is 111 cm³/mol. The quantitative estimate of drug-likeness (QED) is 0.330. The molecule has 0 radical (unpaired) electrons. The van der Waals surface area contributed by atoms with Crippen molar-refractivity contribution in [3.8, 4) is 5.75 Å². The van der Waals surface area contributed by atoms with Crippen molar-refractivity contribution in [2.24, 2.45) is 0 Å². The number of thioether (sulfide) groups is 1. The van der Waals surface area contributed by atoms with E-state index in [0.29, 0.717) is 11.6 Å². The Bertz CT molecular complexity index is 806. The molecular formula is C17H19ClN4OS3. The van der Waals surface area contributed by atoms with Crippen LogP contribution in [0.25, 0.3) is 0 Å². The van der Waals surface area contributed by atoms with Crippen molar-refractivity contribution in [1.29, 1.82) is 0 Å². The lowest BCUT2D eigenvalue weighted by Gasteiger charge is -2.03. The summed E-state index contributed by atoms with van der Waals surface area (Å²) >= 11 is 10.7. The molecule has 0 fully saturated rings. The van der Waals surface area contributed by atoms with Crippen LogP contribution in [0, 0.1) is 0 Å². The molecule has 3 rings (SSSR count). The van der Waals surface area contributed by atoms with E-state index in [4.69, 9.17) is 16.3 Å². The Hall–Kier alpha value is -1.35. The minimum absolute atomic E-state index is 0.460. The zero-order valence-corrected chi connectivity index (χ0v) is 17.5. The maximum Gasteiger partial charge on any atom is 0.206 e. The third kappa shape index (κ3) is 6.12. The maximum atomic E-state index is 5.87.